The number of benzene rings is 4. The van der Waals surface area contributed by atoms with E-state index >= 15 is 0 Å². The molecule has 1 aliphatic rings. The standard InChI is InChI=1S/C33H35ClN4O6S/c1-21-18-38(22(2)20-39)32(40)27-11-7-13-29(36-33(41)35-28-12-6-9-23-8-4-5-10-26(23)28)31(27)44-30(21)19-37(3)45(42,43)25-16-14-24(34)15-17-25/h4-17,21-22,30,39H,18-20H2,1-3H3,(H2,35,36,41)/t21-,22+,30+/m0/s1. The zero-order valence-corrected chi connectivity index (χ0v) is 26.7. The van der Waals surface area contributed by atoms with Crippen molar-refractivity contribution < 1.29 is 27.9 Å². The molecule has 0 aliphatic carbocycles. The van der Waals surface area contributed by atoms with Gasteiger partial charge in [0.05, 0.1) is 41.0 Å². The molecule has 3 atom stereocenters. The van der Waals surface area contributed by atoms with E-state index in [2.05, 4.69) is 10.6 Å². The summed E-state index contributed by atoms with van der Waals surface area (Å²) >= 11 is 5.97. The molecule has 236 valence electrons. The second-order valence-corrected chi connectivity index (χ2v) is 13.6. The van der Waals surface area contributed by atoms with Crippen LogP contribution in [0, 0.1) is 5.92 Å². The summed E-state index contributed by atoms with van der Waals surface area (Å²) in [4.78, 5) is 28.7. The van der Waals surface area contributed by atoms with Gasteiger partial charge in [-0.05, 0) is 54.8 Å². The van der Waals surface area contributed by atoms with E-state index in [0.29, 0.717) is 10.7 Å². The van der Waals surface area contributed by atoms with E-state index in [1.165, 1.54) is 35.6 Å². The fourth-order valence-electron chi connectivity index (χ4n) is 5.31. The topological polar surface area (TPSA) is 128 Å². The fourth-order valence-corrected chi connectivity index (χ4v) is 6.62. The van der Waals surface area contributed by atoms with Crippen LogP contribution < -0.4 is 15.4 Å². The molecule has 1 heterocycles. The van der Waals surface area contributed by atoms with Crippen LogP contribution in [0.25, 0.3) is 10.8 Å². The van der Waals surface area contributed by atoms with E-state index < -0.39 is 28.2 Å². The number of hydrogen-bond donors (Lipinski definition) is 3. The van der Waals surface area contributed by atoms with Crippen molar-refractivity contribution in [1.29, 1.82) is 0 Å². The Balaban J connectivity index is 1.48. The number of halogens is 1. The second kappa shape index (κ2) is 13.5. The molecule has 0 spiro atoms. The van der Waals surface area contributed by atoms with Crippen LogP contribution >= 0.6 is 11.6 Å². The Bertz CT molecular complexity index is 1810. The first-order chi connectivity index (χ1) is 21.5. The first-order valence-electron chi connectivity index (χ1n) is 14.5. The van der Waals surface area contributed by atoms with Gasteiger partial charge in [-0.25, -0.2) is 13.2 Å². The average Bonchev–Trinajstić information content (AvgIpc) is 3.03. The van der Waals surface area contributed by atoms with Crippen LogP contribution in [-0.4, -0.2) is 73.6 Å². The number of nitrogens with one attached hydrogen (secondary N) is 2. The Labute approximate surface area is 267 Å². The average molecular weight is 651 g/mol. The van der Waals surface area contributed by atoms with E-state index in [1.54, 1.807) is 36.1 Å². The van der Waals surface area contributed by atoms with E-state index in [-0.39, 0.29) is 53.4 Å². The minimum absolute atomic E-state index is 0.0579. The molecule has 0 saturated heterocycles. The Morgan fingerprint density at radius 1 is 1.02 bits per heavy atom. The molecule has 5 rings (SSSR count). The molecular weight excluding hydrogens is 616 g/mol. The summed E-state index contributed by atoms with van der Waals surface area (Å²) < 4.78 is 34.5. The van der Waals surface area contributed by atoms with Gasteiger partial charge in [-0.1, -0.05) is 61.0 Å². The number of para-hydroxylation sites is 1. The van der Waals surface area contributed by atoms with Crippen molar-refractivity contribution in [2.75, 3.05) is 37.4 Å². The molecule has 0 radical (unpaired) electrons. The first kappa shape index (κ1) is 32.2. The summed E-state index contributed by atoms with van der Waals surface area (Å²) in [6.45, 7) is 3.47. The van der Waals surface area contributed by atoms with Crippen LogP contribution in [0.3, 0.4) is 0 Å². The molecule has 4 aromatic carbocycles. The van der Waals surface area contributed by atoms with Crippen molar-refractivity contribution >= 4 is 55.7 Å². The number of hydrogen-bond acceptors (Lipinski definition) is 6. The number of rotatable bonds is 8. The highest BCUT2D eigenvalue weighted by molar-refractivity contribution is 7.89. The van der Waals surface area contributed by atoms with Crippen molar-refractivity contribution in [3.8, 4) is 5.75 Å². The molecule has 0 unspecified atom stereocenters. The van der Waals surface area contributed by atoms with Gasteiger partial charge in [-0.3, -0.25) is 4.79 Å². The highest BCUT2D eigenvalue weighted by Crippen LogP contribution is 2.35. The third-order valence-electron chi connectivity index (χ3n) is 7.94. The van der Waals surface area contributed by atoms with Gasteiger partial charge < -0.3 is 25.4 Å². The predicted molar refractivity (Wildman–Crippen MR) is 175 cm³/mol. The van der Waals surface area contributed by atoms with E-state index in [0.717, 1.165) is 10.8 Å². The molecule has 4 aromatic rings. The van der Waals surface area contributed by atoms with Gasteiger partial charge in [0.1, 0.15) is 6.10 Å². The summed E-state index contributed by atoms with van der Waals surface area (Å²) in [5.41, 5.74) is 1.01. The number of carbonyl (C=O) groups is 2. The largest absolute Gasteiger partial charge is 0.486 e. The van der Waals surface area contributed by atoms with Gasteiger partial charge in [0.2, 0.25) is 10.0 Å². The third kappa shape index (κ3) is 6.91. The Morgan fingerprint density at radius 3 is 2.40 bits per heavy atom. The highest BCUT2D eigenvalue weighted by atomic mass is 35.5. The Hall–Kier alpha value is -4.16. The predicted octanol–water partition coefficient (Wildman–Crippen LogP) is 5.68. The van der Waals surface area contributed by atoms with E-state index in [4.69, 9.17) is 16.3 Å². The minimum Gasteiger partial charge on any atom is -0.486 e. The van der Waals surface area contributed by atoms with Gasteiger partial charge in [-0.15, -0.1) is 0 Å². The fraction of sp³-hybridized carbons (Fsp3) is 0.273. The molecule has 10 nitrogen and oxygen atoms in total. The van der Waals surface area contributed by atoms with Crippen LogP contribution in [0.4, 0.5) is 16.2 Å². The van der Waals surface area contributed by atoms with Gasteiger partial charge in [0.25, 0.3) is 5.91 Å². The number of anilines is 2. The van der Waals surface area contributed by atoms with Gasteiger partial charge >= 0.3 is 6.03 Å². The molecule has 1 aliphatic heterocycles. The molecule has 12 heteroatoms. The lowest BCUT2D eigenvalue weighted by Gasteiger charge is -2.38. The zero-order valence-electron chi connectivity index (χ0n) is 25.1. The number of fused-ring (bicyclic) bond motifs is 2. The van der Waals surface area contributed by atoms with Crippen LogP contribution in [0.1, 0.15) is 24.2 Å². The second-order valence-electron chi connectivity index (χ2n) is 11.2. The molecule has 45 heavy (non-hydrogen) atoms. The Kier molecular flexibility index (Phi) is 9.64. The molecule has 3 amide bonds. The maximum absolute atomic E-state index is 13.8. The Morgan fingerprint density at radius 2 is 1.67 bits per heavy atom. The number of sulfonamides is 1. The lowest BCUT2D eigenvalue weighted by Crippen LogP contribution is -2.50. The number of aliphatic hydroxyl groups is 1. The maximum atomic E-state index is 13.8. The third-order valence-corrected chi connectivity index (χ3v) is 10.0. The smallest absolute Gasteiger partial charge is 0.323 e. The number of amides is 3. The number of aliphatic hydroxyl groups excluding tert-OH is 1. The molecular formula is C33H35ClN4O6S. The van der Waals surface area contributed by atoms with E-state index in [9.17, 15) is 23.1 Å². The number of likely N-dealkylation sites (N-methyl/N-ethyl adjacent to an activating group) is 1. The molecule has 0 saturated carbocycles. The number of carbonyl (C=O) groups excluding carboxylic acids is 2. The molecule has 0 fully saturated rings. The lowest BCUT2D eigenvalue weighted by molar-refractivity contribution is 0.0389. The molecule has 0 bridgehead atoms. The SMILES string of the molecule is C[C@H](CO)N1C[C@H](C)[C@@H](CN(C)S(=O)(=O)c2ccc(Cl)cc2)Oc2c(NC(=O)Nc3cccc4ccccc34)cccc2C1=O. The highest BCUT2D eigenvalue weighted by Gasteiger charge is 2.36. The van der Waals surface area contributed by atoms with Crippen LogP contribution in [-0.2, 0) is 10.0 Å². The van der Waals surface area contributed by atoms with Gasteiger partial charge in [0.15, 0.2) is 5.75 Å². The zero-order chi connectivity index (χ0) is 32.3. The summed E-state index contributed by atoms with van der Waals surface area (Å²) in [5.74, 6) is -0.631. The first-order valence-corrected chi connectivity index (χ1v) is 16.3. The maximum Gasteiger partial charge on any atom is 0.323 e. The summed E-state index contributed by atoms with van der Waals surface area (Å²) in [6.07, 6.45) is -0.735. The summed E-state index contributed by atoms with van der Waals surface area (Å²) in [7, 11) is -2.45. The van der Waals surface area contributed by atoms with Crippen molar-refractivity contribution in [2.24, 2.45) is 5.92 Å². The monoisotopic (exact) mass is 650 g/mol. The van der Waals surface area contributed by atoms with Crippen molar-refractivity contribution in [1.82, 2.24) is 9.21 Å². The van der Waals surface area contributed by atoms with Gasteiger partial charge in [0, 0.05) is 29.9 Å². The lowest BCUT2D eigenvalue weighted by atomic mass is 9.99. The normalized spacial score (nSPS) is 17.6. The summed E-state index contributed by atoms with van der Waals surface area (Å²) in [5, 5.41) is 17.9. The minimum atomic E-state index is -3.91. The number of urea groups is 1. The van der Waals surface area contributed by atoms with Crippen LogP contribution in [0.5, 0.6) is 5.75 Å². The summed E-state index contributed by atoms with van der Waals surface area (Å²) in [6, 6.07) is 22.9. The number of nitrogens with zero attached hydrogens (tertiary/aromatic N) is 2. The molecule has 0 aromatic heterocycles. The number of ether oxygens (including phenoxy) is 1. The quantitative estimate of drug-likeness (QED) is 0.225. The van der Waals surface area contributed by atoms with Gasteiger partial charge in [-0.2, -0.15) is 4.31 Å². The van der Waals surface area contributed by atoms with Crippen molar-refractivity contribution in [3.05, 3.63) is 95.5 Å². The van der Waals surface area contributed by atoms with E-state index in [1.807, 2.05) is 43.3 Å². The van der Waals surface area contributed by atoms with Crippen molar-refractivity contribution in [2.45, 2.75) is 30.9 Å². The van der Waals surface area contributed by atoms with Crippen LogP contribution in [0.15, 0.2) is 89.8 Å². The molecule has 3 N–H and O–H groups in total. The van der Waals surface area contributed by atoms with Crippen molar-refractivity contribution in [3.63, 3.8) is 0 Å². The van der Waals surface area contributed by atoms with Crippen LogP contribution in [0.2, 0.25) is 5.02 Å².